The normalized spacial score (nSPS) is 14.8. The largest absolute Gasteiger partial charge is 0.494 e. The van der Waals surface area contributed by atoms with Crippen molar-refractivity contribution in [1.29, 1.82) is 0 Å². The van der Waals surface area contributed by atoms with E-state index in [1.807, 2.05) is 42.5 Å². The van der Waals surface area contributed by atoms with Gasteiger partial charge in [-0.3, -0.25) is 14.5 Å². The summed E-state index contributed by atoms with van der Waals surface area (Å²) in [6, 6.07) is 14.6. The second-order valence-electron chi connectivity index (χ2n) is 7.09. The van der Waals surface area contributed by atoms with Crippen LogP contribution < -0.4 is 15.0 Å². The topological polar surface area (TPSA) is 102 Å². The number of hydrogen-bond donors (Lipinski definition) is 1. The molecule has 0 saturated carbocycles. The van der Waals surface area contributed by atoms with Crippen LogP contribution in [0.15, 0.2) is 53.7 Å². The Morgan fingerprint density at radius 3 is 2.60 bits per heavy atom. The minimum Gasteiger partial charge on any atom is -0.494 e. The molecule has 0 fully saturated rings. The zero-order valence-corrected chi connectivity index (χ0v) is 17.5. The van der Waals surface area contributed by atoms with E-state index in [0.717, 1.165) is 0 Å². The zero-order chi connectivity index (χ0) is 21.3. The maximum absolute atomic E-state index is 13.2. The van der Waals surface area contributed by atoms with E-state index in [4.69, 9.17) is 4.74 Å². The number of amides is 2. The van der Waals surface area contributed by atoms with E-state index < -0.39 is 5.54 Å². The van der Waals surface area contributed by atoms with Crippen LogP contribution in [0.25, 0.3) is 5.69 Å². The van der Waals surface area contributed by atoms with Gasteiger partial charge in [0.05, 0.1) is 24.2 Å². The Bertz CT molecular complexity index is 1110. The lowest BCUT2D eigenvalue weighted by Crippen LogP contribution is -2.59. The molecule has 0 atom stereocenters. The van der Waals surface area contributed by atoms with Gasteiger partial charge in [0.15, 0.2) is 0 Å². The van der Waals surface area contributed by atoms with Gasteiger partial charge in [0, 0.05) is 0 Å². The average molecular weight is 424 g/mol. The fourth-order valence-corrected chi connectivity index (χ4v) is 4.05. The Labute approximate surface area is 177 Å². The highest BCUT2D eigenvalue weighted by Crippen LogP contribution is 2.37. The van der Waals surface area contributed by atoms with E-state index in [9.17, 15) is 9.59 Å². The number of thioether (sulfide) groups is 1. The number of fused-ring (bicyclic) bond motifs is 1. The van der Waals surface area contributed by atoms with Gasteiger partial charge in [0.25, 0.3) is 0 Å². The highest BCUT2D eigenvalue weighted by atomic mass is 32.2. The summed E-state index contributed by atoms with van der Waals surface area (Å²) in [5.41, 5.74) is 0.916. The lowest BCUT2D eigenvalue weighted by atomic mass is 9.96. The van der Waals surface area contributed by atoms with E-state index in [2.05, 4.69) is 20.8 Å². The summed E-state index contributed by atoms with van der Waals surface area (Å²) < 4.78 is 6.90. The molecule has 0 spiro atoms. The molecule has 0 saturated heterocycles. The Morgan fingerprint density at radius 2 is 1.83 bits per heavy atom. The molecule has 2 amide bonds. The van der Waals surface area contributed by atoms with Gasteiger partial charge in [0.1, 0.15) is 17.0 Å². The van der Waals surface area contributed by atoms with E-state index in [1.54, 1.807) is 27.0 Å². The lowest BCUT2D eigenvalue weighted by Gasteiger charge is -2.42. The summed E-state index contributed by atoms with van der Waals surface area (Å²) in [7, 11) is 1.57. The monoisotopic (exact) mass is 424 g/mol. The molecule has 30 heavy (non-hydrogen) atoms. The highest BCUT2D eigenvalue weighted by molar-refractivity contribution is 7.99. The van der Waals surface area contributed by atoms with Gasteiger partial charge in [-0.25, -0.2) is 0 Å². The number of carbonyl (C=O) groups excluding carboxylic acids is 2. The van der Waals surface area contributed by atoms with Crippen LogP contribution in [0, 0.1) is 0 Å². The predicted molar refractivity (Wildman–Crippen MR) is 113 cm³/mol. The minimum absolute atomic E-state index is 0.0561. The third kappa shape index (κ3) is 3.39. The van der Waals surface area contributed by atoms with Crippen molar-refractivity contribution in [3.63, 3.8) is 0 Å². The number of nitrogens with zero attached hydrogens (tertiary/aromatic N) is 5. The fourth-order valence-electron chi connectivity index (χ4n) is 3.31. The number of para-hydroxylation sites is 4. The van der Waals surface area contributed by atoms with Crippen molar-refractivity contribution in [2.24, 2.45) is 0 Å². The summed E-state index contributed by atoms with van der Waals surface area (Å²) in [5.74, 6) is 0.210. The molecular formula is C20H20N6O3S. The van der Waals surface area contributed by atoms with Gasteiger partial charge < -0.3 is 10.1 Å². The summed E-state index contributed by atoms with van der Waals surface area (Å²) in [6.45, 7) is 3.44. The number of ether oxygens (including phenoxy) is 1. The van der Waals surface area contributed by atoms with Gasteiger partial charge in [-0.15, -0.1) is 5.10 Å². The van der Waals surface area contributed by atoms with Crippen LogP contribution in [0.1, 0.15) is 13.8 Å². The van der Waals surface area contributed by atoms with Gasteiger partial charge in [-0.05, 0) is 48.5 Å². The van der Waals surface area contributed by atoms with Gasteiger partial charge in [0.2, 0.25) is 17.0 Å². The molecule has 2 aromatic carbocycles. The molecule has 154 valence electrons. The third-order valence-electron chi connectivity index (χ3n) is 4.84. The Hall–Kier alpha value is -3.40. The Kier molecular flexibility index (Phi) is 5.17. The van der Waals surface area contributed by atoms with E-state index in [0.29, 0.717) is 28.0 Å². The van der Waals surface area contributed by atoms with Crippen molar-refractivity contribution >= 4 is 35.0 Å². The molecule has 4 rings (SSSR count). The number of benzene rings is 2. The van der Waals surface area contributed by atoms with Gasteiger partial charge >= 0.3 is 0 Å². The highest BCUT2D eigenvalue weighted by Gasteiger charge is 2.43. The molecule has 1 aliphatic heterocycles. The molecule has 0 radical (unpaired) electrons. The molecule has 9 nitrogen and oxygen atoms in total. The minimum atomic E-state index is -1.03. The second kappa shape index (κ2) is 7.79. The SMILES string of the molecule is COc1ccccc1-n1nnnc1SCC(=O)N1c2ccccc2NC(=O)C1(C)C. The van der Waals surface area contributed by atoms with E-state index >= 15 is 0 Å². The van der Waals surface area contributed by atoms with Gasteiger partial charge in [-0.2, -0.15) is 4.68 Å². The number of aromatic nitrogens is 4. The quantitative estimate of drug-likeness (QED) is 0.628. The van der Waals surface area contributed by atoms with Crippen molar-refractivity contribution in [3.8, 4) is 11.4 Å². The number of carbonyl (C=O) groups is 2. The molecule has 3 aromatic rings. The fraction of sp³-hybridized carbons (Fsp3) is 0.250. The molecule has 0 unspecified atom stereocenters. The molecular weight excluding hydrogens is 404 g/mol. The first kappa shape index (κ1) is 19.9. The van der Waals surface area contributed by atoms with E-state index in [1.165, 1.54) is 21.3 Å². The van der Waals surface area contributed by atoms with Crippen molar-refractivity contribution < 1.29 is 14.3 Å². The maximum atomic E-state index is 13.2. The standard InChI is InChI=1S/C20H20N6O3S/c1-20(2)18(28)21-13-8-4-5-9-14(13)25(20)17(27)12-30-19-22-23-24-26(19)15-10-6-7-11-16(15)29-3/h4-11H,12H2,1-3H3,(H,21,28). The summed E-state index contributed by atoms with van der Waals surface area (Å²) in [5, 5.41) is 15.1. The number of methoxy groups -OCH3 is 1. The summed E-state index contributed by atoms with van der Waals surface area (Å²) >= 11 is 1.19. The van der Waals surface area contributed by atoms with Crippen molar-refractivity contribution in [1.82, 2.24) is 20.2 Å². The first-order chi connectivity index (χ1) is 14.4. The number of anilines is 2. The molecule has 0 bridgehead atoms. The number of rotatable bonds is 5. The Morgan fingerprint density at radius 1 is 1.13 bits per heavy atom. The average Bonchev–Trinajstić information content (AvgIpc) is 3.21. The first-order valence-corrected chi connectivity index (χ1v) is 10.2. The summed E-state index contributed by atoms with van der Waals surface area (Å²) in [4.78, 5) is 27.3. The summed E-state index contributed by atoms with van der Waals surface area (Å²) in [6.07, 6.45) is 0. The number of nitrogens with one attached hydrogen (secondary N) is 1. The lowest BCUT2D eigenvalue weighted by molar-refractivity contribution is -0.125. The van der Waals surface area contributed by atoms with Crippen LogP contribution in [0.2, 0.25) is 0 Å². The van der Waals surface area contributed by atoms with Crippen LogP contribution in [-0.2, 0) is 9.59 Å². The maximum Gasteiger partial charge on any atom is 0.250 e. The number of tetrazole rings is 1. The third-order valence-corrected chi connectivity index (χ3v) is 5.74. The van der Waals surface area contributed by atoms with Crippen LogP contribution in [0.4, 0.5) is 11.4 Å². The Balaban J connectivity index is 1.59. The van der Waals surface area contributed by atoms with Crippen LogP contribution in [0.5, 0.6) is 5.75 Å². The second-order valence-corrected chi connectivity index (χ2v) is 8.04. The van der Waals surface area contributed by atoms with Crippen molar-refractivity contribution in [2.75, 3.05) is 23.1 Å². The molecule has 1 N–H and O–H groups in total. The first-order valence-electron chi connectivity index (χ1n) is 9.21. The van der Waals surface area contributed by atoms with Crippen molar-refractivity contribution in [3.05, 3.63) is 48.5 Å². The smallest absolute Gasteiger partial charge is 0.250 e. The molecule has 2 heterocycles. The van der Waals surface area contributed by atoms with Crippen molar-refractivity contribution in [2.45, 2.75) is 24.5 Å². The van der Waals surface area contributed by atoms with Crippen LogP contribution in [-0.4, -0.2) is 50.4 Å². The predicted octanol–water partition coefficient (Wildman–Crippen LogP) is 2.53. The van der Waals surface area contributed by atoms with Crippen LogP contribution in [0.3, 0.4) is 0 Å². The molecule has 1 aliphatic rings. The number of hydrogen-bond acceptors (Lipinski definition) is 7. The van der Waals surface area contributed by atoms with Crippen LogP contribution >= 0.6 is 11.8 Å². The zero-order valence-electron chi connectivity index (χ0n) is 16.7. The molecule has 1 aromatic heterocycles. The van der Waals surface area contributed by atoms with E-state index in [-0.39, 0.29) is 17.6 Å². The van der Waals surface area contributed by atoms with Gasteiger partial charge in [-0.1, -0.05) is 36.0 Å². The molecule has 10 heteroatoms. The molecule has 0 aliphatic carbocycles.